The van der Waals surface area contributed by atoms with E-state index in [-0.39, 0.29) is 27.8 Å². The quantitative estimate of drug-likeness (QED) is 0.243. The average Bonchev–Trinajstić information content (AvgIpc) is 2.82. The Morgan fingerprint density at radius 3 is 1.11 bits per heavy atom. The number of hydrogen-bond acceptors (Lipinski definition) is 0. The molecular weight excluding hydrogens is 488 g/mol. The summed E-state index contributed by atoms with van der Waals surface area (Å²) in [4.78, 5) is 0. The number of benzene rings is 4. The summed E-state index contributed by atoms with van der Waals surface area (Å²) in [5.41, 5.74) is -0.0836. The summed E-state index contributed by atoms with van der Waals surface area (Å²) in [7, 11) is 0. The van der Waals surface area contributed by atoms with Crippen LogP contribution in [0.2, 0.25) is 0 Å². The molecule has 0 saturated heterocycles. The lowest BCUT2D eigenvalue weighted by atomic mass is 9.94. The Hall–Kier alpha value is -3.94. The maximum absolute atomic E-state index is 14.8. The highest BCUT2D eigenvalue weighted by Crippen LogP contribution is 2.35. The highest BCUT2D eigenvalue weighted by molar-refractivity contribution is 5.81. The van der Waals surface area contributed by atoms with Gasteiger partial charge in [-0.1, -0.05) is 55.1 Å². The zero-order valence-electron chi connectivity index (χ0n) is 18.3. The Bertz CT molecular complexity index is 1300. The van der Waals surface area contributed by atoms with Gasteiger partial charge in [0.05, 0.1) is 11.1 Å². The Labute approximate surface area is 201 Å². The van der Waals surface area contributed by atoms with Crippen molar-refractivity contribution < 1.29 is 35.1 Å². The van der Waals surface area contributed by atoms with Gasteiger partial charge in [0.1, 0.15) is 11.6 Å². The Morgan fingerprint density at radius 2 is 0.833 bits per heavy atom. The van der Waals surface area contributed by atoms with Crippen LogP contribution in [0.5, 0.6) is 0 Å². The van der Waals surface area contributed by atoms with E-state index >= 15 is 0 Å². The van der Waals surface area contributed by atoms with Crippen LogP contribution in [0.15, 0.2) is 91.5 Å². The van der Waals surface area contributed by atoms with Crippen molar-refractivity contribution >= 4 is 5.57 Å². The number of rotatable bonds is 4. The van der Waals surface area contributed by atoms with Gasteiger partial charge in [-0.05, 0) is 64.2 Å². The van der Waals surface area contributed by atoms with Gasteiger partial charge in [-0.25, -0.2) is 8.78 Å². The molecule has 4 aromatic carbocycles. The van der Waals surface area contributed by atoms with Gasteiger partial charge in [0.2, 0.25) is 0 Å². The van der Waals surface area contributed by atoms with Gasteiger partial charge in [-0.2, -0.15) is 26.3 Å². The second-order valence-corrected chi connectivity index (χ2v) is 8.02. The molecule has 0 aliphatic heterocycles. The summed E-state index contributed by atoms with van der Waals surface area (Å²) < 4.78 is 106. The Morgan fingerprint density at radius 1 is 0.500 bits per heavy atom. The van der Waals surface area contributed by atoms with Gasteiger partial charge in [0, 0.05) is 11.1 Å². The van der Waals surface area contributed by atoms with E-state index in [1.54, 1.807) is 0 Å². The molecule has 0 atom stereocenters. The third-order valence-electron chi connectivity index (χ3n) is 5.68. The third kappa shape index (κ3) is 5.17. The maximum atomic E-state index is 14.8. The first-order chi connectivity index (χ1) is 16.8. The fourth-order valence-corrected chi connectivity index (χ4v) is 3.72. The number of alkyl halides is 6. The van der Waals surface area contributed by atoms with Crippen molar-refractivity contribution in [3.63, 3.8) is 0 Å². The van der Waals surface area contributed by atoms with Crippen LogP contribution in [0.25, 0.3) is 27.8 Å². The first-order valence-electron chi connectivity index (χ1n) is 10.5. The minimum absolute atomic E-state index is 0.0871. The summed E-state index contributed by atoms with van der Waals surface area (Å²) in [5.74, 6) is -1.40. The third-order valence-corrected chi connectivity index (χ3v) is 5.68. The van der Waals surface area contributed by atoms with Crippen LogP contribution in [-0.2, 0) is 12.4 Å². The molecular formula is C28H16F8. The zero-order chi connectivity index (χ0) is 26.3. The normalized spacial score (nSPS) is 12.0. The lowest BCUT2D eigenvalue weighted by Crippen LogP contribution is -2.04. The molecule has 0 N–H and O–H groups in total. The number of halogens is 8. The van der Waals surface area contributed by atoms with Crippen molar-refractivity contribution in [3.8, 4) is 22.3 Å². The first-order valence-corrected chi connectivity index (χ1v) is 10.5. The van der Waals surface area contributed by atoms with E-state index in [1.807, 2.05) is 0 Å². The topological polar surface area (TPSA) is 0 Å². The molecule has 0 radical (unpaired) electrons. The molecule has 184 valence electrons. The predicted molar refractivity (Wildman–Crippen MR) is 122 cm³/mol. The van der Waals surface area contributed by atoms with Crippen molar-refractivity contribution in [2.45, 2.75) is 12.4 Å². The molecule has 0 nitrogen and oxygen atoms in total. The molecule has 36 heavy (non-hydrogen) atoms. The van der Waals surface area contributed by atoms with Crippen molar-refractivity contribution in [1.82, 2.24) is 0 Å². The molecule has 8 heteroatoms. The van der Waals surface area contributed by atoms with Crippen molar-refractivity contribution in [1.29, 1.82) is 0 Å². The summed E-state index contributed by atoms with van der Waals surface area (Å²) in [6.07, 6.45) is -9.01. The number of hydrogen-bond donors (Lipinski definition) is 0. The van der Waals surface area contributed by atoms with Crippen molar-refractivity contribution in [3.05, 3.63) is 125 Å². The molecule has 0 heterocycles. The molecule has 0 amide bonds. The second kappa shape index (κ2) is 9.26. The molecule has 0 bridgehead atoms. The minimum Gasteiger partial charge on any atom is -0.206 e. The van der Waals surface area contributed by atoms with E-state index in [0.717, 1.165) is 36.4 Å². The summed E-state index contributed by atoms with van der Waals surface area (Å²) in [5, 5.41) is 0. The van der Waals surface area contributed by atoms with Crippen molar-refractivity contribution in [2.75, 3.05) is 0 Å². The molecule has 0 unspecified atom stereocenters. The van der Waals surface area contributed by atoms with Crippen LogP contribution in [0.3, 0.4) is 0 Å². The molecule has 0 aliphatic rings. The first kappa shape index (κ1) is 25.2. The second-order valence-electron chi connectivity index (χ2n) is 8.02. The predicted octanol–water partition coefficient (Wildman–Crippen LogP) is 9.40. The lowest BCUT2D eigenvalue weighted by Gasteiger charge is -2.12. The smallest absolute Gasteiger partial charge is 0.206 e. The fraction of sp³-hybridized carbons (Fsp3) is 0.0714. The maximum Gasteiger partial charge on any atom is 0.416 e. The standard InChI is InChI=1S/C28H16F8/c1-16(19-6-12-23(25(29)14-19)17-2-8-21(9-3-17)27(31,32)33)20-7-13-24(26(30)15-20)18-4-10-22(11-5-18)28(34,35)36/h2-15H,1H2. The van der Waals surface area contributed by atoms with Crippen LogP contribution < -0.4 is 0 Å². The van der Waals surface area contributed by atoms with Crippen molar-refractivity contribution in [2.24, 2.45) is 0 Å². The summed E-state index contributed by atoms with van der Waals surface area (Å²) >= 11 is 0. The minimum atomic E-state index is -4.50. The van der Waals surface area contributed by atoms with Crippen LogP contribution >= 0.6 is 0 Å². The largest absolute Gasteiger partial charge is 0.416 e. The Balaban J connectivity index is 1.57. The van der Waals surface area contributed by atoms with E-state index < -0.39 is 35.1 Å². The van der Waals surface area contributed by atoms with E-state index in [1.165, 1.54) is 48.5 Å². The highest BCUT2D eigenvalue weighted by Gasteiger charge is 2.31. The lowest BCUT2D eigenvalue weighted by molar-refractivity contribution is -0.138. The van der Waals surface area contributed by atoms with Gasteiger partial charge in [0.25, 0.3) is 0 Å². The summed E-state index contributed by atoms with van der Waals surface area (Å²) in [6.45, 7) is 3.88. The zero-order valence-corrected chi connectivity index (χ0v) is 18.3. The molecule has 0 fully saturated rings. The van der Waals surface area contributed by atoms with Gasteiger partial charge in [0.15, 0.2) is 0 Å². The van der Waals surface area contributed by atoms with Crippen LogP contribution in [0.1, 0.15) is 22.3 Å². The van der Waals surface area contributed by atoms with E-state index in [2.05, 4.69) is 6.58 Å². The summed E-state index contributed by atoms with van der Waals surface area (Å²) in [6, 6.07) is 16.3. The molecule has 0 aliphatic carbocycles. The highest BCUT2D eigenvalue weighted by atomic mass is 19.4. The van der Waals surface area contributed by atoms with Crippen LogP contribution in [0.4, 0.5) is 35.1 Å². The molecule has 0 spiro atoms. The van der Waals surface area contributed by atoms with Crippen LogP contribution in [0, 0.1) is 11.6 Å². The van der Waals surface area contributed by atoms with Gasteiger partial charge in [-0.15, -0.1) is 0 Å². The van der Waals surface area contributed by atoms with E-state index in [0.29, 0.717) is 11.1 Å². The Kier molecular flexibility index (Phi) is 6.47. The fourth-order valence-electron chi connectivity index (χ4n) is 3.72. The SMILES string of the molecule is C=C(c1ccc(-c2ccc(C(F)(F)F)cc2)c(F)c1)c1ccc(-c2ccc(C(F)(F)F)cc2)c(F)c1. The van der Waals surface area contributed by atoms with Crippen LogP contribution in [-0.4, -0.2) is 0 Å². The average molecular weight is 504 g/mol. The van der Waals surface area contributed by atoms with E-state index in [9.17, 15) is 35.1 Å². The van der Waals surface area contributed by atoms with Gasteiger partial charge < -0.3 is 0 Å². The molecule has 4 aromatic rings. The molecule has 4 rings (SSSR count). The van der Waals surface area contributed by atoms with Gasteiger partial charge >= 0.3 is 12.4 Å². The van der Waals surface area contributed by atoms with Gasteiger partial charge in [-0.3, -0.25) is 0 Å². The molecule has 0 saturated carbocycles. The monoisotopic (exact) mass is 504 g/mol. The molecule has 0 aromatic heterocycles. The van der Waals surface area contributed by atoms with E-state index in [4.69, 9.17) is 0 Å².